The van der Waals surface area contributed by atoms with E-state index in [1.807, 2.05) is 13.0 Å². The molecule has 1 atom stereocenters. The third-order valence-electron chi connectivity index (χ3n) is 6.52. The molecule has 2 aromatic carbocycles. The fourth-order valence-electron chi connectivity index (χ4n) is 4.65. The molecular formula is C25H20Cl2FN5O2. The topological polar surface area (TPSA) is 82.2 Å². The highest BCUT2D eigenvalue weighted by molar-refractivity contribution is 6.42. The van der Waals surface area contributed by atoms with Crippen molar-refractivity contribution in [1.29, 1.82) is 5.26 Å². The Balaban J connectivity index is 1.43. The second kappa shape index (κ2) is 8.99. The van der Waals surface area contributed by atoms with E-state index in [1.165, 1.54) is 18.2 Å². The van der Waals surface area contributed by atoms with Gasteiger partial charge in [0, 0.05) is 42.2 Å². The van der Waals surface area contributed by atoms with Gasteiger partial charge in [-0.05, 0) is 43.3 Å². The van der Waals surface area contributed by atoms with E-state index in [9.17, 15) is 14.0 Å². The minimum absolute atomic E-state index is 0.0441. The fourth-order valence-corrected chi connectivity index (χ4v) is 4.95. The van der Waals surface area contributed by atoms with E-state index in [1.54, 1.807) is 32.7 Å². The summed E-state index contributed by atoms with van der Waals surface area (Å²) in [5.41, 5.74) is 2.94. The van der Waals surface area contributed by atoms with Crippen LogP contribution < -0.4 is 0 Å². The lowest BCUT2D eigenvalue weighted by Gasteiger charge is -2.34. The number of benzene rings is 2. The van der Waals surface area contributed by atoms with Gasteiger partial charge >= 0.3 is 0 Å². The number of hydrogen-bond donors (Lipinski definition) is 0. The van der Waals surface area contributed by atoms with Crippen LogP contribution in [0.5, 0.6) is 0 Å². The van der Waals surface area contributed by atoms with Gasteiger partial charge in [0.05, 0.1) is 40.5 Å². The molecule has 0 unspecified atom stereocenters. The van der Waals surface area contributed by atoms with Gasteiger partial charge in [-0.15, -0.1) is 0 Å². The predicted octanol–water partition coefficient (Wildman–Crippen LogP) is 4.44. The summed E-state index contributed by atoms with van der Waals surface area (Å²) in [6.07, 6.45) is 0.508. The molecule has 3 heterocycles. The summed E-state index contributed by atoms with van der Waals surface area (Å²) in [7, 11) is 0. The lowest BCUT2D eigenvalue weighted by molar-refractivity contribution is 0.0636. The maximum absolute atomic E-state index is 14.4. The molecule has 7 nitrogen and oxygen atoms in total. The fraction of sp³-hybridized carbons (Fsp3) is 0.280. The first kappa shape index (κ1) is 23.3. The van der Waals surface area contributed by atoms with Crippen LogP contribution in [-0.2, 0) is 26.1 Å². The summed E-state index contributed by atoms with van der Waals surface area (Å²) in [6, 6.07) is 10.7. The zero-order valence-corrected chi connectivity index (χ0v) is 20.3. The van der Waals surface area contributed by atoms with Gasteiger partial charge in [-0.2, -0.15) is 10.4 Å². The van der Waals surface area contributed by atoms with Gasteiger partial charge in [0.15, 0.2) is 0 Å². The first-order valence-electron chi connectivity index (χ1n) is 11.1. The minimum Gasteiger partial charge on any atom is -0.331 e. The Morgan fingerprint density at radius 1 is 1.20 bits per heavy atom. The molecule has 35 heavy (non-hydrogen) atoms. The molecule has 0 fully saturated rings. The van der Waals surface area contributed by atoms with Gasteiger partial charge in [0.25, 0.3) is 11.8 Å². The van der Waals surface area contributed by atoms with E-state index in [4.69, 9.17) is 28.5 Å². The predicted molar refractivity (Wildman–Crippen MR) is 128 cm³/mol. The normalized spacial score (nSPS) is 17.1. The number of fused-ring (bicyclic) bond motifs is 3. The molecule has 0 bridgehead atoms. The van der Waals surface area contributed by atoms with Gasteiger partial charge in [-0.25, -0.2) is 4.39 Å². The maximum atomic E-state index is 14.4. The van der Waals surface area contributed by atoms with Gasteiger partial charge in [0.1, 0.15) is 11.5 Å². The van der Waals surface area contributed by atoms with Crippen LogP contribution >= 0.6 is 23.2 Å². The average Bonchev–Trinajstić information content (AvgIpc) is 3.20. The highest BCUT2D eigenvalue weighted by Crippen LogP contribution is 2.31. The van der Waals surface area contributed by atoms with E-state index < -0.39 is 5.82 Å². The van der Waals surface area contributed by atoms with Crippen molar-refractivity contribution in [3.8, 4) is 6.07 Å². The van der Waals surface area contributed by atoms with E-state index in [0.717, 1.165) is 5.69 Å². The maximum Gasteiger partial charge on any atom is 0.272 e. The SMILES string of the molecule is C[C@@H]1Cc2nn3c(c2CN1C(=O)c1ccc(Cl)c(Cl)c1)C(=O)N(Cc1cc(C#N)ccc1F)CC3. The molecule has 0 N–H and O–H groups in total. The Kier molecular flexibility index (Phi) is 5.99. The number of hydrogen-bond acceptors (Lipinski definition) is 4. The number of rotatable bonds is 3. The van der Waals surface area contributed by atoms with E-state index in [0.29, 0.717) is 51.9 Å². The minimum atomic E-state index is -0.467. The Morgan fingerprint density at radius 3 is 2.74 bits per heavy atom. The molecule has 0 aliphatic carbocycles. The Morgan fingerprint density at radius 2 is 2.00 bits per heavy atom. The molecule has 3 aromatic rings. The summed E-state index contributed by atoms with van der Waals surface area (Å²) in [6.45, 7) is 3.04. The Hall–Kier alpha value is -3.41. The van der Waals surface area contributed by atoms with Crippen LogP contribution in [0.25, 0.3) is 0 Å². The van der Waals surface area contributed by atoms with Gasteiger partial charge < -0.3 is 9.80 Å². The molecule has 0 spiro atoms. The number of amides is 2. The first-order valence-corrected chi connectivity index (χ1v) is 11.8. The van der Waals surface area contributed by atoms with Gasteiger partial charge in [-0.1, -0.05) is 23.2 Å². The summed E-state index contributed by atoms with van der Waals surface area (Å²) < 4.78 is 16.1. The summed E-state index contributed by atoms with van der Waals surface area (Å²) in [5, 5.41) is 14.4. The lowest BCUT2D eigenvalue weighted by atomic mass is 9.97. The van der Waals surface area contributed by atoms with E-state index in [2.05, 4.69) is 5.10 Å². The molecule has 5 rings (SSSR count). The van der Waals surface area contributed by atoms with Crippen molar-refractivity contribution in [2.45, 2.75) is 39.0 Å². The molecule has 10 heteroatoms. The second-order valence-corrected chi connectivity index (χ2v) is 9.57. The van der Waals surface area contributed by atoms with Crippen LogP contribution in [0.2, 0.25) is 10.0 Å². The number of aromatic nitrogens is 2. The molecule has 0 radical (unpaired) electrons. The third-order valence-corrected chi connectivity index (χ3v) is 7.26. The molecule has 2 amide bonds. The van der Waals surface area contributed by atoms with Crippen molar-refractivity contribution >= 4 is 35.0 Å². The zero-order chi connectivity index (χ0) is 24.9. The van der Waals surface area contributed by atoms with Crippen molar-refractivity contribution in [1.82, 2.24) is 19.6 Å². The molecular weight excluding hydrogens is 492 g/mol. The first-order chi connectivity index (χ1) is 16.8. The Labute approximate surface area is 211 Å². The smallest absolute Gasteiger partial charge is 0.272 e. The van der Waals surface area contributed by atoms with Gasteiger partial charge in [-0.3, -0.25) is 14.3 Å². The van der Waals surface area contributed by atoms with E-state index in [-0.39, 0.29) is 36.5 Å². The highest BCUT2D eigenvalue weighted by Gasteiger charge is 2.37. The second-order valence-electron chi connectivity index (χ2n) is 8.76. The van der Waals surface area contributed by atoms with Crippen molar-refractivity contribution in [2.24, 2.45) is 0 Å². The molecule has 0 saturated carbocycles. The molecule has 0 saturated heterocycles. The van der Waals surface area contributed by atoms with Crippen molar-refractivity contribution in [3.05, 3.63) is 85.9 Å². The third kappa shape index (κ3) is 4.15. The largest absolute Gasteiger partial charge is 0.331 e. The van der Waals surface area contributed by atoms with Crippen LogP contribution in [0.1, 0.15) is 50.2 Å². The molecule has 178 valence electrons. The van der Waals surface area contributed by atoms with Crippen LogP contribution in [0.4, 0.5) is 4.39 Å². The standard InChI is InChI=1S/C25H20Cl2FN5O2/c1-14-8-22-18(13-32(14)24(34)16-3-4-19(26)20(27)10-16)23-25(35)31(6-7-33(23)30-22)12-17-9-15(11-29)2-5-21(17)28/h2-5,9-10,14H,6-8,12-13H2,1H3/t14-/m1/s1. The summed E-state index contributed by atoms with van der Waals surface area (Å²) in [4.78, 5) is 30.0. The zero-order valence-electron chi connectivity index (χ0n) is 18.8. The number of carbonyl (C=O) groups is 2. The lowest BCUT2D eigenvalue weighted by Crippen LogP contribution is -2.44. The van der Waals surface area contributed by atoms with Crippen LogP contribution in [0.15, 0.2) is 36.4 Å². The molecule has 2 aliphatic rings. The quantitative estimate of drug-likeness (QED) is 0.520. The molecule has 2 aliphatic heterocycles. The number of halogens is 3. The summed E-state index contributed by atoms with van der Waals surface area (Å²) in [5.74, 6) is -0.953. The molecule has 1 aromatic heterocycles. The van der Waals surface area contributed by atoms with Gasteiger partial charge in [0.2, 0.25) is 0 Å². The van der Waals surface area contributed by atoms with Crippen LogP contribution in [0.3, 0.4) is 0 Å². The van der Waals surface area contributed by atoms with Crippen LogP contribution in [0, 0.1) is 17.1 Å². The van der Waals surface area contributed by atoms with Crippen LogP contribution in [-0.4, -0.2) is 44.0 Å². The summed E-state index contributed by atoms with van der Waals surface area (Å²) >= 11 is 12.1. The highest BCUT2D eigenvalue weighted by atomic mass is 35.5. The average molecular weight is 512 g/mol. The number of nitrogens with zero attached hydrogens (tertiary/aromatic N) is 5. The number of nitriles is 1. The van der Waals surface area contributed by atoms with E-state index >= 15 is 0 Å². The monoisotopic (exact) mass is 511 g/mol. The number of carbonyl (C=O) groups excluding carboxylic acids is 2. The Bertz CT molecular complexity index is 1410. The van der Waals surface area contributed by atoms with Crippen molar-refractivity contribution in [3.63, 3.8) is 0 Å². The van der Waals surface area contributed by atoms with Crippen molar-refractivity contribution in [2.75, 3.05) is 6.54 Å². The van der Waals surface area contributed by atoms with Crippen molar-refractivity contribution < 1.29 is 14.0 Å².